The molecule has 0 aromatic rings. The minimum absolute atomic E-state index is 1.86. The molecular formula is CH7O4PS. The minimum atomic E-state index is -4.92. The highest BCUT2D eigenvalue weighted by molar-refractivity contribution is 7.79. The second-order valence-corrected chi connectivity index (χ2v) is 1.28. The standard InChI is InChI=1S/CH5P.H2O4S/c1-2;1-5(2,3)4/h2H2,1H3;(H2,1,2,3,4). The van der Waals surface area contributed by atoms with E-state index >= 15 is 0 Å². The Balaban J connectivity index is 0. The van der Waals surface area contributed by atoms with Crippen molar-refractivity contribution in [2.75, 3.05) is 6.66 Å². The maximum atomic E-state index is 8.63. The first kappa shape index (κ1) is 10.3. The lowest BCUT2D eigenvalue weighted by Gasteiger charge is -1.88. The molecule has 0 radical (unpaired) electrons. The molecule has 0 bridgehead atoms. The Bertz CT molecular complexity index is 94.9. The Morgan fingerprint density at radius 3 is 1.57 bits per heavy atom. The molecule has 1 N–H and O–H groups in total. The molecule has 0 spiro atoms. The first-order chi connectivity index (χ1) is 3.00. The SMILES string of the molecule is C[PH3+].O=S(=O)([O-])O. The van der Waals surface area contributed by atoms with Gasteiger partial charge in [0.25, 0.3) is 0 Å². The molecule has 0 heterocycles. The van der Waals surface area contributed by atoms with Gasteiger partial charge >= 0.3 is 0 Å². The fraction of sp³-hybridized carbons (Fsp3) is 1.00. The van der Waals surface area contributed by atoms with Crippen molar-refractivity contribution in [3.05, 3.63) is 0 Å². The lowest BCUT2D eigenvalue weighted by Crippen LogP contribution is -1.90. The fourth-order valence-corrected chi connectivity index (χ4v) is 0. The molecule has 0 aliphatic carbocycles. The van der Waals surface area contributed by atoms with Crippen LogP contribution < -0.4 is 0 Å². The summed E-state index contributed by atoms with van der Waals surface area (Å²) in [6.45, 7) is 2.03. The Morgan fingerprint density at radius 1 is 1.57 bits per heavy atom. The Morgan fingerprint density at radius 2 is 1.57 bits per heavy atom. The predicted octanol–water partition coefficient (Wildman–Crippen LogP) is -0.772. The number of hydrogen-bond donors (Lipinski definition) is 1. The Kier molecular flexibility index (Phi) is 6.57. The molecule has 0 aromatic heterocycles. The molecule has 0 aromatic carbocycles. The molecule has 0 saturated heterocycles. The molecule has 0 aliphatic rings. The van der Waals surface area contributed by atoms with E-state index in [-0.39, 0.29) is 0 Å². The quantitative estimate of drug-likeness (QED) is 0.276. The molecular weight excluding hydrogens is 139 g/mol. The monoisotopic (exact) mass is 146 g/mol. The summed E-state index contributed by atoms with van der Waals surface area (Å²) in [4.78, 5) is 0. The van der Waals surface area contributed by atoms with Gasteiger partial charge in [-0.15, -0.1) is 0 Å². The molecule has 0 rings (SSSR count). The van der Waals surface area contributed by atoms with E-state index in [4.69, 9.17) is 17.5 Å². The molecule has 7 heavy (non-hydrogen) atoms. The second-order valence-electron chi connectivity index (χ2n) is 0.428. The third-order valence-corrected chi connectivity index (χ3v) is 0. The van der Waals surface area contributed by atoms with Crippen LogP contribution >= 0.6 is 9.24 Å². The highest BCUT2D eigenvalue weighted by Crippen LogP contribution is 1.58. The van der Waals surface area contributed by atoms with E-state index in [2.05, 4.69) is 0 Å². The van der Waals surface area contributed by atoms with Crippen LogP contribution in [0, 0.1) is 0 Å². The van der Waals surface area contributed by atoms with Crippen LogP contribution in [-0.2, 0) is 10.4 Å². The zero-order valence-corrected chi connectivity index (χ0v) is 6.02. The summed E-state index contributed by atoms with van der Waals surface area (Å²) >= 11 is 0. The normalized spacial score (nSPS) is 9.57. The largest absolute Gasteiger partial charge is 0.726 e. The van der Waals surface area contributed by atoms with Gasteiger partial charge in [-0.3, -0.25) is 4.55 Å². The van der Waals surface area contributed by atoms with E-state index in [1.165, 1.54) is 0 Å². The number of hydrogen-bond acceptors (Lipinski definition) is 3. The van der Waals surface area contributed by atoms with E-state index < -0.39 is 10.4 Å². The fourth-order valence-electron chi connectivity index (χ4n) is 0. The van der Waals surface area contributed by atoms with Crippen molar-refractivity contribution in [1.82, 2.24) is 0 Å². The van der Waals surface area contributed by atoms with Crippen molar-refractivity contribution in [2.45, 2.75) is 0 Å². The summed E-state index contributed by atoms with van der Waals surface area (Å²) in [6, 6.07) is 0. The zero-order valence-electron chi connectivity index (χ0n) is 3.79. The van der Waals surface area contributed by atoms with E-state index in [9.17, 15) is 0 Å². The van der Waals surface area contributed by atoms with Gasteiger partial charge in [-0.1, -0.05) is 0 Å². The lowest BCUT2D eigenvalue weighted by molar-refractivity contribution is 0.366. The van der Waals surface area contributed by atoms with Crippen LogP contribution in [0.4, 0.5) is 0 Å². The second kappa shape index (κ2) is 4.46. The van der Waals surface area contributed by atoms with Gasteiger partial charge in [-0.25, -0.2) is 8.42 Å². The summed E-state index contributed by atoms with van der Waals surface area (Å²) < 4.78 is 32.8. The van der Waals surface area contributed by atoms with Gasteiger partial charge in [0.2, 0.25) is 10.4 Å². The van der Waals surface area contributed by atoms with Gasteiger partial charge in [-0.2, -0.15) is 0 Å². The van der Waals surface area contributed by atoms with Gasteiger partial charge < -0.3 is 4.55 Å². The van der Waals surface area contributed by atoms with E-state index in [1.54, 1.807) is 0 Å². The molecule has 1 atom stereocenters. The van der Waals surface area contributed by atoms with Crippen molar-refractivity contribution >= 4 is 19.6 Å². The third kappa shape index (κ3) is 1290. The van der Waals surface area contributed by atoms with Crippen molar-refractivity contribution in [1.29, 1.82) is 0 Å². The molecule has 46 valence electrons. The van der Waals surface area contributed by atoms with Crippen molar-refractivity contribution in [3.63, 3.8) is 0 Å². The third-order valence-electron chi connectivity index (χ3n) is 0. The highest BCUT2D eigenvalue weighted by Gasteiger charge is 1.67. The number of rotatable bonds is 0. The minimum Gasteiger partial charge on any atom is -0.726 e. The predicted molar refractivity (Wildman–Crippen MR) is 29.4 cm³/mol. The van der Waals surface area contributed by atoms with Crippen LogP contribution in [0.3, 0.4) is 0 Å². The topological polar surface area (TPSA) is 77.4 Å². The van der Waals surface area contributed by atoms with Crippen molar-refractivity contribution in [2.24, 2.45) is 0 Å². The van der Waals surface area contributed by atoms with Crippen molar-refractivity contribution in [3.8, 4) is 0 Å². The van der Waals surface area contributed by atoms with Crippen LogP contribution in [0.2, 0.25) is 0 Å². The Labute approximate surface area is 44.7 Å². The molecule has 6 heteroatoms. The summed E-state index contributed by atoms with van der Waals surface area (Å²) in [5.74, 6) is 0. The van der Waals surface area contributed by atoms with Gasteiger partial charge in [0.05, 0.1) is 0 Å². The van der Waals surface area contributed by atoms with Gasteiger partial charge in [0, 0.05) is 6.66 Å². The van der Waals surface area contributed by atoms with Gasteiger partial charge in [0.1, 0.15) is 0 Å². The Hall–Kier alpha value is 0.300. The van der Waals surface area contributed by atoms with Crippen LogP contribution in [0.1, 0.15) is 0 Å². The molecule has 0 amide bonds. The van der Waals surface area contributed by atoms with Crippen LogP contribution in [0.15, 0.2) is 0 Å². The van der Waals surface area contributed by atoms with Gasteiger partial charge in [-0.05, 0) is 9.24 Å². The summed E-state index contributed by atoms with van der Waals surface area (Å²) in [7, 11) is -3.06. The first-order valence-electron chi connectivity index (χ1n) is 1.39. The molecule has 0 saturated carbocycles. The zero-order chi connectivity index (χ0) is 6.50. The smallest absolute Gasteiger partial charge is 0.215 e. The lowest BCUT2D eigenvalue weighted by atomic mass is 12.0. The molecule has 1 unspecified atom stereocenters. The van der Waals surface area contributed by atoms with Crippen molar-refractivity contribution < 1.29 is 17.5 Å². The maximum Gasteiger partial charge on any atom is 0.215 e. The summed E-state index contributed by atoms with van der Waals surface area (Å²) in [6.07, 6.45) is 0. The van der Waals surface area contributed by atoms with E-state index in [1.807, 2.05) is 15.9 Å². The van der Waals surface area contributed by atoms with E-state index in [0.29, 0.717) is 0 Å². The summed E-state index contributed by atoms with van der Waals surface area (Å²) in [5, 5.41) is 0. The highest BCUT2D eigenvalue weighted by atomic mass is 32.3. The van der Waals surface area contributed by atoms with E-state index in [0.717, 1.165) is 0 Å². The van der Waals surface area contributed by atoms with Crippen LogP contribution in [-0.4, -0.2) is 24.2 Å². The molecule has 4 nitrogen and oxygen atoms in total. The van der Waals surface area contributed by atoms with Crippen LogP contribution in [0.5, 0.6) is 0 Å². The average Bonchev–Trinajstić information content (AvgIpc) is 1.36. The molecule has 0 aliphatic heterocycles. The molecule has 0 fully saturated rings. The van der Waals surface area contributed by atoms with Gasteiger partial charge in [0.15, 0.2) is 0 Å². The maximum absolute atomic E-state index is 8.63. The summed E-state index contributed by atoms with van der Waals surface area (Å²) in [5.41, 5.74) is 0. The van der Waals surface area contributed by atoms with Crippen LogP contribution in [0.25, 0.3) is 0 Å². The first-order valence-corrected chi connectivity index (χ1v) is 4.17. The average molecular weight is 146 g/mol.